The molecule has 0 radical (unpaired) electrons. The number of halogens is 3. The first-order valence-corrected chi connectivity index (χ1v) is 12.3. The highest BCUT2D eigenvalue weighted by Crippen LogP contribution is 2.52. The van der Waals surface area contributed by atoms with E-state index in [0.29, 0.717) is 5.56 Å². The highest BCUT2D eigenvalue weighted by atomic mass is 35.5. The summed E-state index contributed by atoms with van der Waals surface area (Å²) >= 11 is 6.50. The number of hydrogen-bond acceptors (Lipinski definition) is 6. The quantitative estimate of drug-likeness (QED) is 0.210. The molecule has 10 heteroatoms. The summed E-state index contributed by atoms with van der Waals surface area (Å²) in [7, 11) is 0. The lowest BCUT2D eigenvalue weighted by molar-refractivity contribution is 0.0539. The molecule has 2 heterocycles. The molecule has 1 saturated heterocycles. The molecule has 0 aromatic heterocycles. The van der Waals surface area contributed by atoms with Crippen LogP contribution in [0.3, 0.4) is 0 Å². The van der Waals surface area contributed by atoms with Gasteiger partial charge in [0.05, 0.1) is 23.2 Å². The van der Waals surface area contributed by atoms with E-state index in [-0.39, 0.29) is 58.9 Å². The molecule has 0 spiro atoms. The van der Waals surface area contributed by atoms with Crippen molar-refractivity contribution in [3.63, 3.8) is 0 Å². The van der Waals surface area contributed by atoms with Gasteiger partial charge in [0, 0.05) is 29.2 Å². The zero-order chi connectivity index (χ0) is 26.2. The van der Waals surface area contributed by atoms with Crippen molar-refractivity contribution in [1.29, 1.82) is 0 Å². The van der Waals surface area contributed by atoms with Gasteiger partial charge in [-0.05, 0) is 37.1 Å². The predicted octanol–water partition coefficient (Wildman–Crippen LogP) is 3.84. The van der Waals surface area contributed by atoms with Gasteiger partial charge in [0.2, 0.25) is 0 Å². The first-order valence-electron chi connectivity index (χ1n) is 12.0. The van der Waals surface area contributed by atoms with E-state index in [0.717, 1.165) is 24.9 Å². The highest BCUT2D eigenvalue weighted by molar-refractivity contribution is 6.34. The van der Waals surface area contributed by atoms with Crippen LogP contribution in [-0.2, 0) is 12.0 Å². The van der Waals surface area contributed by atoms with Crippen LogP contribution in [0.4, 0.5) is 8.78 Å². The zero-order valence-corrected chi connectivity index (χ0v) is 20.6. The number of hydrazine groups is 1. The Balaban J connectivity index is 1.75. The molecule has 2 aliphatic rings. The number of nitrogens with one attached hydrogen (secondary N) is 2. The van der Waals surface area contributed by atoms with Gasteiger partial charge >= 0.3 is 0 Å². The van der Waals surface area contributed by atoms with Crippen LogP contribution in [0.5, 0.6) is 11.5 Å². The maximum Gasteiger partial charge on any atom is 0.265 e. The fourth-order valence-corrected chi connectivity index (χ4v) is 5.62. The first kappa shape index (κ1) is 25.4. The molecule has 7 nitrogen and oxygen atoms in total. The van der Waals surface area contributed by atoms with Gasteiger partial charge in [-0.15, -0.1) is 0 Å². The van der Waals surface area contributed by atoms with Crippen LogP contribution in [0.2, 0.25) is 5.02 Å². The van der Waals surface area contributed by atoms with Crippen LogP contribution in [0.15, 0.2) is 48.5 Å². The molecule has 1 fully saturated rings. The van der Waals surface area contributed by atoms with Crippen molar-refractivity contribution in [3.8, 4) is 22.6 Å². The maximum atomic E-state index is 16.0. The van der Waals surface area contributed by atoms with Crippen molar-refractivity contribution in [2.24, 2.45) is 5.84 Å². The number of nitrogens with two attached hydrogens (primary N) is 1. The van der Waals surface area contributed by atoms with Crippen LogP contribution in [0.25, 0.3) is 11.1 Å². The summed E-state index contributed by atoms with van der Waals surface area (Å²) < 4.78 is 43.1. The van der Waals surface area contributed by atoms with Crippen molar-refractivity contribution in [1.82, 2.24) is 10.7 Å². The molecule has 0 aliphatic carbocycles. The SMILES string of the molecule is NNC(=O)c1ccc(OCCO)c(F)c1-c1c(Cl)c(F)cc2c1CC(c1ccccc1)(C1CCCN1)O2. The third kappa shape index (κ3) is 4.31. The second-order valence-corrected chi connectivity index (χ2v) is 9.43. The fraction of sp³-hybridized carbons (Fsp3) is 0.296. The largest absolute Gasteiger partial charge is 0.488 e. The Morgan fingerprint density at radius 1 is 1.24 bits per heavy atom. The minimum Gasteiger partial charge on any atom is -0.488 e. The van der Waals surface area contributed by atoms with Crippen LogP contribution >= 0.6 is 11.6 Å². The third-order valence-corrected chi connectivity index (χ3v) is 7.35. The summed E-state index contributed by atoms with van der Waals surface area (Å²) in [5, 5.41) is 12.3. The van der Waals surface area contributed by atoms with Crippen LogP contribution in [0.1, 0.15) is 34.3 Å². The second kappa shape index (κ2) is 10.3. The molecule has 194 valence electrons. The van der Waals surface area contributed by atoms with Gasteiger partial charge in [0.25, 0.3) is 5.91 Å². The van der Waals surface area contributed by atoms with Crippen LogP contribution in [-0.4, -0.2) is 36.8 Å². The van der Waals surface area contributed by atoms with Gasteiger partial charge in [-0.2, -0.15) is 0 Å². The van der Waals surface area contributed by atoms with E-state index in [4.69, 9.17) is 32.0 Å². The Bertz CT molecular complexity index is 1340. The number of nitrogen functional groups attached to an aromatic ring is 1. The summed E-state index contributed by atoms with van der Waals surface area (Å²) in [5.74, 6) is 2.83. The number of amides is 1. The van der Waals surface area contributed by atoms with Crippen molar-refractivity contribution < 1.29 is 28.2 Å². The lowest BCUT2D eigenvalue weighted by Gasteiger charge is -2.35. The first-order chi connectivity index (χ1) is 17.9. The van der Waals surface area contributed by atoms with Gasteiger partial charge in [-0.3, -0.25) is 10.2 Å². The van der Waals surface area contributed by atoms with Crippen molar-refractivity contribution in [3.05, 3.63) is 81.9 Å². The van der Waals surface area contributed by atoms with Gasteiger partial charge < -0.3 is 19.9 Å². The average Bonchev–Trinajstić information content (AvgIpc) is 3.58. The normalized spacial score (nSPS) is 20.4. The molecule has 5 N–H and O–H groups in total. The standard InChI is InChI=1S/C27H26ClF2N3O4/c28-24-18(29)13-20-17(14-27(37-20,21-7-4-10-32-21)15-5-2-1-3-6-15)22(24)23-16(26(35)33-31)8-9-19(25(23)30)36-12-11-34/h1-3,5-6,8-9,13,21,32,34H,4,7,10-12,14,31H2,(H,33,35). The van der Waals surface area contributed by atoms with Crippen LogP contribution in [0, 0.1) is 11.6 Å². The van der Waals surface area contributed by atoms with Crippen LogP contribution < -0.4 is 26.1 Å². The third-order valence-electron chi connectivity index (χ3n) is 6.98. The van der Waals surface area contributed by atoms with E-state index < -0.39 is 23.1 Å². The second-order valence-electron chi connectivity index (χ2n) is 9.05. The van der Waals surface area contributed by atoms with Gasteiger partial charge in [0.1, 0.15) is 18.2 Å². The number of carbonyl (C=O) groups excluding carboxylic acids is 1. The van der Waals surface area contributed by atoms with E-state index in [1.54, 1.807) is 0 Å². The topological polar surface area (TPSA) is 106 Å². The number of fused-ring (bicyclic) bond motifs is 1. The van der Waals surface area contributed by atoms with Crippen molar-refractivity contribution in [2.45, 2.75) is 30.9 Å². The summed E-state index contributed by atoms with van der Waals surface area (Å²) in [6, 6.07) is 13.3. The fourth-order valence-electron chi connectivity index (χ4n) is 5.36. The lowest BCUT2D eigenvalue weighted by atomic mass is 9.80. The number of aliphatic hydroxyl groups is 1. The average molecular weight is 530 g/mol. The molecule has 2 aliphatic heterocycles. The van der Waals surface area contributed by atoms with Gasteiger partial charge in [-0.1, -0.05) is 41.9 Å². The summed E-state index contributed by atoms with van der Waals surface area (Å²) in [5.41, 5.74) is 2.04. The predicted molar refractivity (Wildman–Crippen MR) is 135 cm³/mol. The van der Waals surface area contributed by atoms with Gasteiger partial charge in [-0.25, -0.2) is 14.6 Å². The molecule has 2 atom stereocenters. The Morgan fingerprint density at radius 2 is 2.03 bits per heavy atom. The number of rotatable bonds is 7. The Kier molecular flexibility index (Phi) is 7.04. The minimum absolute atomic E-state index is 0.00184. The minimum atomic E-state index is -0.930. The summed E-state index contributed by atoms with van der Waals surface area (Å²) in [6.45, 7) is 0.278. The Labute approximate surface area is 217 Å². The van der Waals surface area contributed by atoms with E-state index in [1.165, 1.54) is 18.2 Å². The number of ether oxygens (including phenoxy) is 2. The van der Waals surface area contributed by atoms with E-state index in [1.807, 2.05) is 35.8 Å². The van der Waals surface area contributed by atoms with Gasteiger partial charge in [0.15, 0.2) is 17.2 Å². The molecule has 2 unspecified atom stereocenters. The number of aliphatic hydroxyl groups excluding tert-OH is 1. The molecular weight excluding hydrogens is 504 g/mol. The summed E-state index contributed by atoms with van der Waals surface area (Å²) in [6.07, 6.45) is 2.03. The molecule has 3 aromatic carbocycles. The summed E-state index contributed by atoms with van der Waals surface area (Å²) in [4.78, 5) is 12.7. The molecule has 5 rings (SSSR count). The Morgan fingerprint density at radius 3 is 2.70 bits per heavy atom. The molecule has 0 saturated carbocycles. The smallest absolute Gasteiger partial charge is 0.265 e. The Hall–Kier alpha value is -3.24. The zero-order valence-electron chi connectivity index (χ0n) is 19.8. The van der Waals surface area contributed by atoms with E-state index in [9.17, 15) is 4.79 Å². The van der Waals surface area contributed by atoms with E-state index >= 15 is 8.78 Å². The number of benzene rings is 3. The van der Waals surface area contributed by atoms with Crippen molar-refractivity contribution in [2.75, 3.05) is 19.8 Å². The molecular formula is C27H26ClF2N3O4. The maximum absolute atomic E-state index is 16.0. The molecule has 3 aromatic rings. The van der Waals surface area contributed by atoms with E-state index in [2.05, 4.69) is 5.32 Å². The number of hydrogen-bond donors (Lipinski definition) is 4. The molecule has 0 bridgehead atoms. The molecule has 1 amide bonds. The van der Waals surface area contributed by atoms with Crippen molar-refractivity contribution >= 4 is 17.5 Å². The lowest BCUT2D eigenvalue weighted by Crippen LogP contribution is -2.48. The molecule has 37 heavy (non-hydrogen) atoms. The monoisotopic (exact) mass is 529 g/mol. The highest BCUT2D eigenvalue weighted by Gasteiger charge is 2.50. The number of carbonyl (C=O) groups is 1.